The van der Waals surface area contributed by atoms with Gasteiger partial charge in [-0.3, -0.25) is 9.20 Å². The van der Waals surface area contributed by atoms with Crippen LogP contribution in [0.2, 0.25) is 0 Å². The first-order valence-corrected chi connectivity index (χ1v) is 13.0. The van der Waals surface area contributed by atoms with Gasteiger partial charge in [-0.2, -0.15) is 11.8 Å². The molecule has 3 heterocycles. The Morgan fingerprint density at radius 3 is 2.57 bits per heavy atom. The largest absolute Gasteiger partial charge is 0.443 e. The molecule has 4 rings (SSSR count). The van der Waals surface area contributed by atoms with Crippen LogP contribution in [0.15, 0.2) is 48.5 Å². The van der Waals surface area contributed by atoms with Crippen molar-refractivity contribution in [3.8, 4) is 0 Å². The maximum Gasteiger partial charge on any atom is 0.410 e. The normalized spacial score (nSPS) is 14.6. The number of morpholine rings is 1. The Bertz CT molecular complexity index is 1170. The number of pyridine rings is 1. The van der Waals surface area contributed by atoms with Gasteiger partial charge in [0.25, 0.3) is 0 Å². The van der Waals surface area contributed by atoms with E-state index in [-0.39, 0.29) is 19.9 Å². The third kappa shape index (κ3) is 7.43. The van der Waals surface area contributed by atoms with Crippen LogP contribution in [0.3, 0.4) is 0 Å². The van der Waals surface area contributed by atoms with Gasteiger partial charge in [-0.15, -0.1) is 10.2 Å². The number of nitrogens with zero attached hydrogens (tertiary/aromatic N) is 4. The molecule has 3 N–H and O–H groups in total. The number of thioether (sulfide) groups is 1. The summed E-state index contributed by atoms with van der Waals surface area (Å²) in [5.74, 6) is 1.60. The van der Waals surface area contributed by atoms with Crippen LogP contribution in [0.4, 0.5) is 4.79 Å². The molecule has 200 valence electrons. The van der Waals surface area contributed by atoms with Crippen LogP contribution < -0.4 is 11.1 Å². The second-order valence-electron chi connectivity index (χ2n) is 9.17. The molecule has 1 aliphatic rings. The summed E-state index contributed by atoms with van der Waals surface area (Å²) in [5.41, 5.74) is 7.50. The number of amides is 2. The quantitative estimate of drug-likeness (QED) is 0.434. The molecule has 3 aromatic rings. The van der Waals surface area contributed by atoms with Gasteiger partial charge in [0.2, 0.25) is 5.91 Å². The smallest absolute Gasteiger partial charge is 0.410 e. The van der Waals surface area contributed by atoms with E-state index in [0.29, 0.717) is 49.2 Å². The van der Waals surface area contributed by atoms with Crippen molar-refractivity contribution in [1.29, 1.82) is 0 Å². The molecule has 1 saturated heterocycles. The summed E-state index contributed by atoms with van der Waals surface area (Å²) in [7, 11) is 0. The zero-order chi connectivity index (χ0) is 25.5. The van der Waals surface area contributed by atoms with E-state index in [2.05, 4.69) is 27.6 Å². The average molecular weight is 529 g/mol. The van der Waals surface area contributed by atoms with Crippen LogP contribution in [-0.2, 0) is 26.6 Å². The van der Waals surface area contributed by atoms with E-state index in [1.807, 2.05) is 40.8 Å². The highest BCUT2D eigenvalue weighted by molar-refractivity contribution is 7.98. The first-order chi connectivity index (χ1) is 17.3. The molecule has 37 heavy (non-hydrogen) atoms. The van der Waals surface area contributed by atoms with Crippen molar-refractivity contribution in [3.05, 3.63) is 65.6 Å². The molecule has 0 spiro atoms. The monoisotopic (exact) mass is 528 g/mol. The maximum absolute atomic E-state index is 12.8. The molecule has 0 unspecified atom stereocenters. The number of carbonyl (C=O) groups excluding carboxylic acids is 2. The van der Waals surface area contributed by atoms with Gasteiger partial charge in [0.1, 0.15) is 6.61 Å². The number of ether oxygens (including phenoxy) is 2. The molecule has 2 amide bonds. The zero-order valence-corrected chi connectivity index (χ0v) is 21.4. The van der Waals surface area contributed by atoms with E-state index >= 15 is 0 Å². The van der Waals surface area contributed by atoms with Gasteiger partial charge in [-0.1, -0.05) is 43.8 Å². The Morgan fingerprint density at radius 1 is 1.14 bits per heavy atom. The van der Waals surface area contributed by atoms with Crippen LogP contribution >= 0.6 is 11.8 Å². The van der Waals surface area contributed by atoms with Gasteiger partial charge in [-0.25, -0.2) is 4.79 Å². The number of hydrogen-bond acceptors (Lipinski definition) is 8. The lowest BCUT2D eigenvalue weighted by molar-refractivity contribution is -0.125. The van der Waals surface area contributed by atoms with Gasteiger partial charge in [-0.05, 0) is 31.5 Å². The topological polar surface area (TPSA) is 124 Å². The highest BCUT2D eigenvalue weighted by Crippen LogP contribution is 2.23. The van der Waals surface area contributed by atoms with Crippen molar-refractivity contribution in [1.82, 2.24) is 24.8 Å². The Hall–Kier alpha value is -3.15. The highest BCUT2D eigenvalue weighted by atomic mass is 32.2. The molecule has 0 saturated carbocycles. The summed E-state index contributed by atoms with van der Waals surface area (Å²) in [6.07, 6.45) is -0.391. The van der Waals surface area contributed by atoms with Crippen molar-refractivity contribution < 1.29 is 19.1 Å². The predicted molar refractivity (Wildman–Crippen MR) is 144 cm³/mol. The number of benzene rings is 1. The fourth-order valence-electron chi connectivity index (χ4n) is 3.74. The van der Waals surface area contributed by atoms with E-state index in [4.69, 9.17) is 15.2 Å². The maximum atomic E-state index is 12.8. The van der Waals surface area contributed by atoms with Crippen LogP contribution in [0.25, 0.3) is 5.65 Å². The molecule has 10 nitrogen and oxygen atoms in total. The number of fused-ring (bicyclic) bond motifs is 1. The molecular formula is C26H36N6O4S. The van der Waals surface area contributed by atoms with Gasteiger partial charge < -0.3 is 25.4 Å². The zero-order valence-electron chi connectivity index (χ0n) is 20.6. The lowest BCUT2D eigenvalue weighted by atomic mass is 10.1. The second kappa shape index (κ2) is 12.9. The summed E-state index contributed by atoms with van der Waals surface area (Å²) in [6.45, 7) is 5.37. The van der Waals surface area contributed by atoms with Crippen molar-refractivity contribution >= 4 is 29.4 Å². The fourth-order valence-corrected chi connectivity index (χ4v) is 4.75. The predicted octanol–water partition coefficient (Wildman–Crippen LogP) is 3.16. The minimum Gasteiger partial charge on any atom is -0.443 e. The van der Waals surface area contributed by atoms with Crippen molar-refractivity contribution in [3.63, 3.8) is 0 Å². The third-order valence-corrected chi connectivity index (χ3v) is 6.85. The van der Waals surface area contributed by atoms with Crippen molar-refractivity contribution in [2.45, 2.75) is 45.2 Å². The molecule has 1 aliphatic heterocycles. The van der Waals surface area contributed by atoms with Gasteiger partial charge in [0.05, 0.1) is 30.5 Å². The van der Waals surface area contributed by atoms with E-state index in [1.165, 1.54) is 5.56 Å². The summed E-state index contributed by atoms with van der Waals surface area (Å²) >= 11 is 1.68. The average Bonchev–Trinajstić information content (AvgIpc) is 3.32. The SMILES string of the molecule is C.CC(C)(N)C(=O)N[C@H](CSCc1ccccc1)c1nnc2cccc(COC(=O)N3CCOCC3)n12. The second-order valence-corrected chi connectivity index (χ2v) is 10.2. The number of carbonyl (C=O) groups is 2. The minimum atomic E-state index is -1.06. The number of rotatable bonds is 9. The molecule has 0 radical (unpaired) electrons. The number of hydrogen-bond donors (Lipinski definition) is 2. The van der Waals surface area contributed by atoms with E-state index in [1.54, 1.807) is 30.5 Å². The summed E-state index contributed by atoms with van der Waals surface area (Å²) in [5, 5.41) is 11.8. The van der Waals surface area contributed by atoms with Gasteiger partial charge in [0.15, 0.2) is 11.5 Å². The molecular weight excluding hydrogens is 492 g/mol. The molecule has 11 heteroatoms. The van der Waals surface area contributed by atoms with Crippen LogP contribution in [0.5, 0.6) is 0 Å². The van der Waals surface area contributed by atoms with Crippen molar-refractivity contribution in [2.24, 2.45) is 5.73 Å². The molecule has 1 atom stereocenters. The van der Waals surface area contributed by atoms with E-state index in [0.717, 1.165) is 5.75 Å². The summed E-state index contributed by atoms with van der Waals surface area (Å²) in [4.78, 5) is 27.0. The Morgan fingerprint density at radius 2 is 1.86 bits per heavy atom. The van der Waals surface area contributed by atoms with Crippen LogP contribution in [0.1, 0.15) is 44.4 Å². The standard InChI is InChI=1S/C25H32N6O4S.CH4/c1-25(2,26)23(32)27-20(17-36-16-18-7-4-3-5-8-18)22-29-28-21-10-6-9-19(31(21)22)15-35-24(33)30-11-13-34-14-12-30;/h3-10,20H,11-17,26H2,1-2H3,(H,27,32);1H4/t20-;/m1./s1. The summed E-state index contributed by atoms with van der Waals surface area (Å²) < 4.78 is 12.7. The van der Waals surface area contributed by atoms with E-state index in [9.17, 15) is 9.59 Å². The van der Waals surface area contributed by atoms with E-state index < -0.39 is 17.7 Å². The first kappa shape index (κ1) is 28.4. The number of aromatic nitrogens is 3. The third-order valence-electron chi connectivity index (χ3n) is 5.75. The minimum absolute atomic E-state index is 0. The van der Waals surface area contributed by atoms with Crippen molar-refractivity contribution in [2.75, 3.05) is 32.1 Å². The van der Waals surface area contributed by atoms with Crippen LogP contribution in [0, 0.1) is 0 Å². The van der Waals surface area contributed by atoms with Gasteiger partial charge in [0, 0.05) is 24.6 Å². The molecule has 1 fully saturated rings. The number of nitrogens with one attached hydrogen (secondary N) is 1. The lowest BCUT2D eigenvalue weighted by Gasteiger charge is -2.26. The first-order valence-electron chi connectivity index (χ1n) is 11.9. The van der Waals surface area contributed by atoms with Gasteiger partial charge >= 0.3 is 6.09 Å². The Kier molecular flexibility index (Phi) is 9.90. The molecule has 2 aromatic heterocycles. The fraction of sp³-hybridized carbons (Fsp3) is 0.462. The highest BCUT2D eigenvalue weighted by Gasteiger charge is 2.28. The lowest BCUT2D eigenvalue weighted by Crippen LogP contribution is -2.50. The number of nitrogens with two attached hydrogens (primary N) is 1. The Labute approximate surface area is 221 Å². The molecule has 0 bridgehead atoms. The summed E-state index contributed by atoms with van der Waals surface area (Å²) in [6, 6.07) is 15.2. The Balaban J connectivity index is 0.00000380. The van der Waals surface area contributed by atoms with Crippen LogP contribution in [-0.4, -0.2) is 69.1 Å². The molecule has 0 aliphatic carbocycles. The molecule has 1 aromatic carbocycles.